The van der Waals surface area contributed by atoms with E-state index in [1.54, 1.807) is 25.6 Å². The van der Waals surface area contributed by atoms with Crippen molar-refractivity contribution in [3.63, 3.8) is 0 Å². The van der Waals surface area contributed by atoms with Crippen molar-refractivity contribution in [2.75, 3.05) is 12.4 Å². The van der Waals surface area contributed by atoms with Crippen LogP contribution in [-0.2, 0) is 9.59 Å². The van der Waals surface area contributed by atoms with E-state index in [1.165, 1.54) is 0 Å². The van der Waals surface area contributed by atoms with Gasteiger partial charge < -0.3 is 15.4 Å². The molecule has 3 heterocycles. The number of allylic oxidation sites excluding steroid dienone is 3. The maximum atomic E-state index is 13.7. The van der Waals surface area contributed by atoms with Crippen LogP contribution in [0.1, 0.15) is 48.4 Å². The molecule has 0 radical (unpaired) electrons. The summed E-state index contributed by atoms with van der Waals surface area (Å²) in [5, 5.41) is 6.30. The van der Waals surface area contributed by atoms with Crippen molar-refractivity contribution in [3.05, 3.63) is 106 Å². The lowest BCUT2D eigenvalue weighted by atomic mass is 9.72. The Morgan fingerprint density at radius 2 is 1.83 bits per heavy atom. The Hall–Kier alpha value is -4.26. The van der Waals surface area contributed by atoms with E-state index >= 15 is 0 Å². The molecule has 182 valence electrons. The molecule has 7 nitrogen and oxygen atoms in total. The summed E-state index contributed by atoms with van der Waals surface area (Å²) in [5.74, 6) is 0.440. The number of nitrogens with one attached hydrogen (secondary N) is 2. The minimum absolute atomic E-state index is 0.0199. The first kappa shape index (κ1) is 23.5. The average molecular weight is 481 g/mol. The van der Waals surface area contributed by atoms with Gasteiger partial charge in [-0.05, 0) is 67.6 Å². The summed E-state index contributed by atoms with van der Waals surface area (Å²) in [5.41, 5.74) is 5.41. The van der Waals surface area contributed by atoms with Crippen LogP contribution < -0.4 is 15.4 Å². The molecule has 7 heteroatoms. The zero-order valence-electron chi connectivity index (χ0n) is 20.5. The SMILES string of the molecule is COc1ccc([C@H]2CC(=O)C3=C(C2)NC(C)=C(C(=O)Nc2ccc(C)cn2)[C@@H]3c2ccccn2)cc1. The van der Waals surface area contributed by atoms with Crippen LogP contribution in [0.2, 0.25) is 0 Å². The van der Waals surface area contributed by atoms with E-state index < -0.39 is 5.92 Å². The van der Waals surface area contributed by atoms with Crippen LogP contribution in [0.4, 0.5) is 5.82 Å². The molecule has 2 atom stereocenters. The van der Waals surface area contributed by atoms with Crippen LogP contribution in [0.15, 0.2) is 89.5 Å². The van der Waals surface area contributed by atoms with E-state index in [0.29, 0.717) is 41.2 Å². The van der Waals surface area contributed by atoms with E-state index in [2.05, 4.69) is 20.6 Å². The van der Waals surface area contributed by atoms with Gasteiger partial charge in [-0.1, -0.05) is 24.3 Å². The molecule has 1 aliphatic heterocycles. The summed E-state index contributed by atoms with van der Waals surface area (Å²) in [7, 11) is 1.64. The smallest absolute Gasteiger partial charge is 0.255 e. The van der Waals surface area contributed by atoms with E-state index in [0.717, 1.165) is 22.6 Å². The van der Waals surface area contributed by atoms with E-state index in [9.17, 15) is 9.59 Å². The average Bonchev–Trinajstić information content (AvgIpc) is 2.89. The van der Waals surface area contributed by atoms with Crippen LogP contribution in [-0.4, -0.2) is 28.8 Å². The van der Waals surface area contributed by atoms with Gasteiger partial charge in [-0.25, -0.2) is 4.98 Å². The topological polar surface area (TPSA) is 93.2 Å². The molecule has 0 fully saturated rings. The van der Waals surface area contributed by atoms with Crippen LogP contribution in [0.3, 0.4) is 0 Å². The molecule has 2 aliphatic rings. The number of ether oxygens (including phenoxy) is 1. The lowest BCUT2D eigenvalue weighted by molar-refractivity contribution is -0.116. The number of dihydropyridines is 1. The second kappa shape index (κ2) is 9.77. The van der Waals surface area contributed by atoms with Crippen molar-refractivity contribution in [2.24, 2.45) is 0 Å². The summed E-state index contributed by atoms with van der Waals surface area (Å²) in [4.78, 5) is 36.1. The number of Topliss-reactive ketones (excluding diaryl/α,β-unsaturated/α-hetero) is 1. The Morgan fingerprint density at radius 1 is 1.03 bits per heavy atom. The highest BCUT2D eigenvalue weighted by molar-refractivity contribution is 6.09. The van der Waals surface area contributed by atoms with Crippen molar-refractivity contribution in [3.8, 4) is 5.75 Å². The predicted octanol–water partition coefficient (Wildman–Crippen LogP) is 4.79. The molecule has 36 heavy (non-hydrogen) atoms. The minimum atomic E-state index is -0.558. The van der Waals surface area contributed by atoms with Crippen LogP contribution >= 0.6 is 0 Å². The third kappa shape index (κ3) is 4.52. The maximum Gasteiger partial charge on any atom is 0.255 e. The minimum Gasteiger partial charge on any atom is -0.497 e. The summed E-state index contributed by atoms with van der Waals surface area (Å²) < 4.78 is 5.28. The van der Waals surface area contributed by atoms with Crippen LogP contribution in [0, 0.1) is 6.92 Å². The van der Waals surface area contributed by atoms with Gasteiger partial charge in [-0.15, -0.1) is 0 Å². The van der Waals surface area contributed by atoms with Crippen molar-refractivity contribution in [1.82, 2.24) is 15.3 Å². The zero-order valence-corrected chi connectivity index (χ0v) is 20.5. The molecule has 1 aliphatic carbocycles. The van der Waals surface area contributed by atoms with E-state index in [4.69, 9.17) is 4.74 Å². The number of nitrogens with zero attached hydrogens (tertiary/aromatic N) is 2. The fourth-order valence-electron chi connectivity index (χ4n) is 5.02. The first-order valence-corrected chi connectivity index (χ1v) is 12.0. The van der Waals surface area contributed by atoms with Crippen molar-refractivity contribution >= 4 is 17.5 Å². The number of aryl methyl sites for hydroxylation is 1. The highest BCUT2D eigenvalue weighted by atomic mass is 16.5. The summed E-state index contributed by atoms with van der Waals surface area (Å²) in [6.07, 6.45) is 4.43. The third-order valence-electron chi connectivity index (χ3n) is 6.80. The molecule has 0 unspecified atom stereocenters. The highest BCUT2D eigenvalue weighted by Crippen LogP contribution is 2.45. The largest absolute Gasteiger partial charge is 0.497 e. The van der Waals surface area contributed by atoms with Crippen LogP contribution in [0.5, 0.6) is 5.75 Å². The molecule has 0 bridgehead atoms. The molecule has 5 rings (SSSR count). The Labute approximate surface area is 210 Å². The Bertz CT molecular complexity index is 1360. The van der Waals surface area contributed by atoms with Crippen LogP contribution in [0.25, 0.3) is 0 Å². The Balaban J connectivity index is 1.51. The first-order valence-electron chi connectivity index (χ1n) is 12.0. The normalized spacial score (nSPS) is 19.5. The Morgan fingerprint density at radius 3 is 2.50 bits per heavy atom. The third-order valence-corrected chi connectivity index (χ3v) is 6.80. The molecule has 0 saturated heterocycles. The molecule has 0 saturated carbocycles. The zero-order chi connectivity index (χ0) is 25.2. The quantitative estimate of drug-likeness (QED) is 0.545. The monoisotopic (exact) mass is 480 g/mol. The number of anilines is 1. The Kier molecular flexibility index (Phi) is 6.38. The summed E-state index contributed by atoms with van der Waals surface area (Å²) in [6.45, 7) is 3.81. The van der Waals surface area contributed by atoms with E-state index in [-0.39, 0.29) is 17.6 Å². The van der Waals surface area contributed by atoms with Gasteiger partial charge in [0.05, 0.1) is 18.7 Å². The summed E-state index contributed by atoms with van der Waals surface area (Å²) >= 11 is 0. The fraction of sp³-hybridized carbons (Fsp3) is 0.241. The number of ketones is 1. The molecule has 2 N–H and O–H groups in total. The predicted molar refractivity (Wildman–Crippen MR) is 137 cm³/mol. The standard InChI is InChI=1S/C29H28N4O3/c1-17-7-12-25(31-16-17)33-29(35)26-18(2)32-23-14-20(19-8-10-21(36-3)11-9-19)15-24(34)27(23)28(26)22-6-4-5-13-30-22/h4-13,16,20,28,32H,14-15H2,1-3H3,(H,31,33,35)/t20-,28+/m1/s1. The molecular formula is C29H28N4O3. The van der Waals surface area contributed by atoms with Gasteiger partial charge in [0.25, 0.3) is 5.91 Å². The number of rotatable bonds is 5. The van der Waals surface area contributed by atoms with Gasteiger partial charge in [0.15, 0.2) is 5.78 Å². The number of carbonyl (C=O) groups is 2. The molecular weight excluding hydrogens is 452 g/mol. The number of methoxy groups -OCH3 is 1. The number of pyridine rings is 2. The molecule has 2 aromatic heterocycles. The number of aromatic nitrogens is 2. The molecule has 1 aromatic carbocycles. The maximum absolute atomic E-state index is 13.7. The number of benzene rings is 1. The van der Waals surface area contributed by atoms with Gasteiger partial charge in [0.1, 0.15) is 11.6 Å². The highest BCUT2D eigenvalue weighted by Gasteiger charge is 2.41. The number of amides is 1. The van der Waals surface area contributed by atoms with Crippen molar-refractivity contribution in [2.45, 2.75) is 38.5 Å². The lowest BCUT2D eigenvalue weighted by Gasteiger charge is -2.36. The number of hydrogen-bond donors (Lipinski definition) is 2. The van der Waals surface area contributed by atoms with E-state index in [1.807, 2.05) is 62.4 Å². The van der Waals surface area contributed by atoms with Gasteiger partial charge in [0, 0.05) is 41.4 Å². The van der Waals surface area contributed by atoms with Crippen molar-refractivity contribution < 1.29 is 14.3 Å². The summed E-state index contributed by atoms with van der Waals surface area (Å²) in [6, 6.07) is 17.1. The van der Waals surface area contributed by atoms with Gasteiger partial charge in [0.2, 0.25) is 0 Å². The number of carbonyl (C=O) groups excluding carboxylic acids is 2. The first-order chi connectivity index (χ1) is 17.4. The van der Waals surface area contributed by atoms with Gasteiger partial charge in [-0.3, -0.25) is 14.6 Å². The second-order valence-electron chi connectivity index (χ2n) is 9.22. The second-order valence-corrected chi connectivity index (χ2v) is 9.22. The molecule has 3 aromatic rings. The van der Waals surface area contributed by atoms with Gasteiger partial charge >= 0.3 is 0 Å². The van der Waals surface area contributed by atoms with Gasteiger partial charge in [-0.2, -0.15) is 0 Å². The molecule has 1 amide bonds. The fourth-order valence-corrected chi connectivity index (χ4v) is 5.02. The van der Waals surface area contributed by atoms with Crippen molar-refractivity contribution in [1.29, 1.82) is 0 Å². The molecule has 0 spiro atoms. The number of hydrogen-bond acceptors (Lipinski definition) is 6. The lowest BCUT2D eigenvalue weighted by Crippen LogP contribution is -2.37.